The molecule has 8 heteroatoms. The van der Waals surface area contributed by atoms with Gasteiger partial charge in [-0.15, -0.1) is 0 Å². The Hall–Kier alpha value is -2.31. The molecule has 1 aliphatic carbocycles. The minimum absolute atomic E-state index is 0.0104. The molecule has 0 aliphatic heterocycles. The Labute approximate surface area is 171 Å². The van der Waals surface area contributed by atoms with Crippen LogP contribution in [0.1, 0.15) is 29.6 Å². The average Bonchev–Trinajstić information content (AvgIpc) is 3.43. The minimum Gasteiger partial charge on any atom is -0.352 e. The van der Waals surface area contributed by atoms with Crippen LogP contribution in [0.25, 0.3) is 11.0 Å². The van der Waals surface area contributed by atoms with Gasteiger partial charge in [0, 0.05) is 19.7 Å². The van der Waals surface area contributed by atoms with Crippen molar-refractivity contribution in [3.8, 4) is 0 Å². The molecule has 0 atom stereocenters. The first-order valence-electron chi connectivity index (χ1n) is 9.09. The van der Waals surface area contributed by atoms with Crippen LogP contribution in [0.4, 0.5) is 16.0 Å². The third-order valence-electron chi connectivity index (χ3n) is 4.95. The van der Waals surface area contributed by atoms with Gasteiger partial charge >= 0.3 is 0 Å². The molecule has 0 spiro atoms. The number of carbonyl (C=O) groups is 1. The van der Waals surface area contributed by atoms with Crippen molar-refractivity contribution in [3.63, 3.8) is 0 Å². The first kappa shape index (κ1) is 19.0. The Balaban J connectivity index is 1.61. The molecule has 1 amide bonds. The highest BCUT2D eigenvalue weighted by atomic mass is 35.5. The van der Waals surface area contributed by atoms with Crippen LogP contribution in [0.2, 0.25) is 10.0 Å². The van der Waals surface area contributed by atoms with Gasteiger partial charge in [0.15, 0.2) is 0 Å². The second kappa shape index (κ2) is 7.60. The number of rotatable bonds is 6. The summed E-state index contributed by atoms with van der Waals surface area (Å²) in [5.74, 6) is 0.139. The maximum atomic E-state index is 14.5. The van der Waals surface area contributed by atoms with Gasteiger partial charge in [0.05, 0.1) is 32.3 Å². The van der Waals surface area contributed by atoms with Crippen molar-refractivity contribution in [1.82, 2.24) is 14.9 Å². The third-order valence-corrected chi connectivity index (χ3v) is 5.58. The van der Waals surface area contributed by atoms with Crippen molar-refractivity contribution in [3.05, 3.63) is 51.8 Å². The van der Waals surface area contributed by atoms with E-state index in [1.165, 1.54) is 25.0 Å². The summed E-state index contributed by atoms with van der Waals surface area (Å²) in [6.45, 7) is 0.557. The molecule has 1 heterocycles. The van der Waals surface area contributed by atoms with Gasteiger partial charge in [-0.1, -0.05) is 42.1 Å². The molecule has 0 radical (unpaired) electrons. The van der Waals surface area contributed by atoms with E-state index in [9.17, 15) is 9.18 Å². The number of para-hydroxylation sites is 1. The van der Waals surface area contributed by atoms with Gasteiger partial charge < -0.3 is 15.2 Å². The summed E-state index contributed by atoms with van der Waals surface area (Å²) >= 11 is 12.4. The van der Waals surface area contributed by atoms with Gasteiger partial charge in [-0.2, -0.15) is 0 Å². The van der Waals surface area contributed by atoms with E-state index < -0.39 is 11.7 Å². The molecule has 0 bridgehead atoms. The topological polar surface area (TPSA) is 59.0 Å². The lowest BCUT2D eigenvalue weighted by Gasteiger charge is -2.09. The predicted octanol–water partition coefficient (Wildman–Crippen LogP) is 5.29. The number of benzene rings is 2. The zero-order valence-electron chi connectivity index (χ0n) is 15.2. The molecule has 0 unspecified atom stereocenters. The summed E-state index contributed by atoms with van der Waals surface area (Å²) in [7, 11) is 1.75. The fourth-order valence-corrected chi connectivity index (χ4v) is 3.61. The number of carbonyl (C=O) groups excluding carboxylic acids is 1. The number of aryl methyl sites for hydroxylation is 1. The van der Waals surface area contributed by atoms with E-state index in [2.05, 4.69) is 15.6 Å². The summed E-state index contributed by atoms with van der Waals surface area (Å²) < 4.78 is 16.2. The van der Waals surface area contributed by atoms with Crippen LogP contribution < -0.4 is 10.6 Å². The standard InChI is InChI=1S/C20H19Cl2FN4O/c1-27-17-10-15(23)12(19(28)24-8-7-11-5-6-11)9-16(17)25-20(27)26-18-13(21)3-2-4-14(18)22/h2-4,9-11H,5-8H2,1H3,(H,24,28)(H,25,26). The first-order valence-corrected chi connectivity index (χ1v) is 9.85. The normalized spacial score (nSPS) is 13.7. The molecule has 146 valence electrons. The van der Waals surface area contributed by atoms with E-state index in [1.807, 2.05) is 0 Å². The van der Waals surface area contributed by atoms with E-state index in [4.69, 9.17) is 23.2 Å². The number of hydrogen-bond acceptors (Lipinski definition) is 3. The maximum Gasteiger partial charge on any atom is 0.254 e. The summed E-state index contributed by atoms with van der Waals surface area (Å²) in [6.07, 6.45) is 3.37. The van der Waals surface area contributed by atoms with Crippen LogP contribution in [-0.4, -0.2) is 22.0 Å². The molecule has 2 N–H and O–H groups in total. The van der Waals surface area contributed by atoms with Crippen LogP contribution in [-0.2, 0) is 7.05 Å². The van der Waals surface area contributed by atoms with Gasteiger partial charge in [0.1, 0.15) is 5.82 Å². The predicted molar refractivity (Wildman–Crippen MR) is 110 cm³/mol. The Kier molecular flexibility index (Phi) is 5.17. The molecule has 3 aromatic rings. The maximum absolute atomic E-state index is 14.5. The number of imidazole rings is 1. The lowest BCUT2D eigenvalue weighted by molar-refractivity contribution is 0.0949. The van der Waals surface area contributed by atoms with Crippen LogP contribution >= 0.6 is 23.2 Å². The van der Waals surface area contributed by atoms with Gasteiger partial charge in [-0.05, 0) is 30.5 Å². The summed E-state index contributed by atoms with van der Waals surface area (Å²) in [4.78, 5) is 16.8. The van der Waals surface area contributed by atoms with E-state index in [-0.39, 0.29) is 5.56 Å². The van der Waals surface area contributed by atoms with E-state index in [0.29, 0.717) is 45.2 Å². The number of nitrogens with one attached hydrogen (secondary N) is 2. The Morgan fingerprint density at radius 3 is 2.68 bits per heavy atom. The Morgan fingerprint density at radius 1 is 1.29 bits per heavy atom. The quantitative estimate of drug-likeness (QED) is 0.569. The fraction of sp³-hybridized carbons (Fsp3) is 0.300. The lowest BCUT2D eigenvalue weighted by atomic mass is 10.1. The third kappa shape index (κ3) is 3.80. The van der Waals surface area contributed by atoms with Crippen molar-refractivity contribution in [2.24, 2.45) is 13.0 Å². The highest BCUT2D eigenvalue weighted by Crippen LogP contribution is 2.33. The average molecular weight is 421 g/mol. The lowest BCUT2D eigenvalue weighted by Crippen LogP contribution is -2.25. The first-order chi connectivity index (χ1) is 13.4. The monoisotopic (exact) mass is 420 g/mol. The molecule has 1 saturated carbocycles. The smallest absolute Gasteiger partial charge is 0.254 e. The summed E-state index contributed by atoms with van der Waals surface area (Å²) in [5, 5.41) is 6.76. The van der Waals surface area contributed by atoms with Crippen molar-refractivity contribution in [2.45, 2.75) is 19.3 Å². The SMILES string of the molecule is Cn1c(Nc2c(Cl)cccc2Cl)nc2cc(C(=O)NCCC3CC3)c(F)cc21. The van der Waals surface area contributed by atoms with Gasteiger partial charge in [0.25, 0.3) is 5.91 Å². The van der Waals surface area contributed by atoms with E-state index >= 15 is 0 Å². The largest absolute Gasteiger partial charge is 0.352 e. The Morgan fingerprint density at radius 2 is 2.00 bits per heavy atom. The molecule has 1 aromatic heterocycles. The molecule has 28 heavy (non-hydrogen) atoms. The van der Waals surface area contributed by atoms with Crippen molar-refractivity contribution in [1.29, 1.82) is 0 Å². The number of hydrogen-bond donors (Lipinski definition) is 2. The van der Waals surface area contributed by atoms with Crippen LogP contribution in [0.15, 0.2) is 30.3 Å². The van der Waals surface area contributed by atoms with E-state index in [1.54, 1.807) is 29.8 Å². The molecule has 4 rings (SSSR count). The van der Waals surface area contributed by atoms with Crippen molar-refractivity contribution in [2.75, 3.05) is 11.9 Å². The molecule has 5 nitrogen and oxygen atoms in total. The summed E-state index contributed by atoms with van der Waals surface area (Å²) in [5.41, 5.74) is 1.56. The number of amides is 1. The van der Waals surface area contributed by atoms with Crippen molar-refractivity contribution >= 4 is 51.8 Å². The second-order valence-corrected chi connectivity index (χ2v) is 7.84. The van der Waals surface area contributed by atoms with Crippen LogP contribution in [0, 0.1) is 11.7 Å². The molecule has 2 aromatic carbocycles. The number of aromatic nitrogens is 2. The van der Waals surface area contributed by atoms with Gasteiger partial charge in [0.2, 0.25) is 5.95 Å². The highest BCUT2D eigenvalue weighted by molar-refractivity contribution is 6.39. The number of anilines is 2. The second-order valence-electron chi connectivity index (χ2n) is 7.02. The fourth-order valence-electron chi connectivity index (χ4n) is 3.12. The molecular formula is C20H19Cl2FN4O. The Bertz CT molecular complexity index is 1040. The highest BCUT2D eigenvalue weighted by Gasteiger charge is 2.22. The zero-order valence-corrected chi connectivity index (χ0v) is 16.7. The molecular weight excluding hydrogens is 402 g/mol. The van der Waals surface area contributed by atoms with E-state index in [0.717, 1.165) is 6.42 Å². The number of nitrogens with zero attached hydrogens (tertiary/aromatic N) is 2. The summed E-state index contributed by atoms with van der Waals surface area (Å²) in [6, 6.07) is 7.95. The molecule has 0 saturated heterocycles. The number of fused-ring (bicyclic) bond motifs is 1. The molecule has 1 fully saturated rings. The van der Waals surface area contributed by atoms with Crippen LogP contribution in [0.3, 0.4) is 0 Å². The zero-order chi connectivity index (χ0) is 19.8. The van der Waals surface area contributed by atoms with Crippen molar-refractivity contribution < 1.29 is 9.18 Å². The van der Waals surface area contributed by atoms with Gasteiger partial charge in [-0.25, -0.2) is 9.37 Å². The molecule has 1 aliphatic rings. The number of halogens is 3. The van der Waals surface area contributed by atoms with Gasteiger partial charge in [-0.3, -0.25) is 4.79 Å². The van der Waals surface area contributed by atoms with Crippen LogP contribution in [0.5, 0.6) is 0 Å². The minimum atomic E-state index is -0.582.